The highest BCUT2D eigenvalue weighted by atomic mass is 16.2. The molecule has 3 rings (SSSR count). The van der Waals surface area contributed by atoms with Gasteiger partial charge in [-0.2, -0.15) is 0 Å². The first-order valence-electron chi connectivity index (χ1n) is 10.0. The minimum absolute atomic E-state index is 0.00607. The molecule has 0 radical (unpaired) electrons. The number of rotatable bonds is 8. The monoisotopic (exact) mass is 411 g/mol. The first-order valence-corrected chi connectivity index (χ1v) is 10.0. The first kappa shape index (κ1) is 21.5. The van der Waals surface area contributed by atoms with Crippen LogP contribution in [0, 0.1) is 0 Å². The van der Waals surface area contributed by atoms with E-state index in [1.807, 2.05) is 30.2 Å². The third kappa shape index (κ3) is 5.04. The van der Waals surface area contributed by atoms with Crippen LogP contribution in [0.2, 0.25) is 0 Å². The van der Waals surface area contributed by atoms with Crippen molar-refractivity contribution in [3.8, 4) is 11.3 Å². The average molecular weight is 412 g/mol. The highest BCUT2D eigenvalue weighted by molar-refractivity contribution is 5.88. The summed E-state index contributed by atoms with van der Waals surface area (Å²) in [6.45, 7) is 5.96. The molecule has 0 aromatic carbocycles. The van der Waals surface area contributed by atoms with Crippen molar-refractivity contribution in [2.75, 3.05) is 43.9 Å². The maximum absolute atomic E-state index is 12.4. The molecule has 1 aliphatic rings. The molecular formula is C21H29N7O2. The maximum Gasteiger partial charge on any atom is 0.271 e. The topological polar surface area (TPSA) is 106 Å². The molecule has 1 amide bonds. The van der Waals surface area contributed by atoms with Gasteiger partial charge in [0.15, 0.2) is 0 Å². The van der Waals surface area contributed by atoms with Crippen LogP contribution in [0.5, 0.6) is 0 Å². The number of hydrogen-bond donors (Lipinski definition) is 3. The van der Waals surface area contributed by atoms with Gasteiger partial charge in [0.1, 0.15) is 17.8 Å². The standard InChI is InChI=1S/C21H29N7O2/c1-14(2)23-7-5-6-20(29)28-11-16(12-28)27(4)18-8-15(10-24-21(18)30)17-9-19(22-3)26-13-25-17/h5-6,8-10,13-14,16,23H,7,11-12H2,1-4H3,(H,24,30)(H,22,25,26). The number of nitrogens with zero attached hydrogens (tertiary/aromatic N) is 4. The third-order valence-corrected chi connectivity index (χ3v) is 5.11. The summed E-state index contributed by atoms with van der Waals surface area (Å²) in [4.78, 5) is 39.6. The fourth-order valence-corrected chi connectivity index (χ4v) is 3.18. The summed E-state index contributed by atoms with van der Waals surface area (Å²) >= 11 is 0. The molecule has 9 nitrogen and oxygen atoms in total. The van der Waals surface area contributed by atoms with Gasteiger partial charge in [-0.25, -0.2) is 9.97 Å². The zero-order valence-corrected chi connectivity index (χ0v) is 17.8. The van der Waals surface area contributed by atoms with Crippen molar-refractivity contribution in [1.82, 2.24) is 25.2 Å². The van der Waals surface area contributed by atoms with E-state index in [9.17, 15) is 9.59 Å². The number of amides is 1. The summed E-state index contributed by atoms with van der Waals surface area (Å²) in [6.07, 6.45) is 6.57. The van der Waals surface area contributed by atoms with Crippen molar-refractivity contribution in [2.24, 2.45) is 0 Å². The maximum atomic E-state index is 12.4. The lowest BCUT2D eigenvalue weighted by molar-refractivity contribution is -0.130. The van der Waals surface area contributed by atoms with E-state index in [-0.39, 0.29) is 17.5 Å². The van der Waals surface area contributed by atoms with E-state index in [2.05, 4.69) is 39.4 Å². The van der Waals surface area contributed by atoms with E-state index in [1.165, 1.54) is 6.33 Å². The van der Waals surface area contributed by atoms with Gasteiger partial charge in [0, 0.05) is 63.7 Å². The van der Waals surface area contributed by atoms with E-state index in [1.54, 1.807) is 24.2 Å². The van der Waals surface area contributed by atoms with E-state index in [0.717, 1.165) is 5.56 Å². The van der Waals surface area contributed by atoms with Crippen LogP contribution < -0.4 is 21.1 Å². The van der Waals surface area contributed by atoms with Crippen molar-refractivity contribution < 1.29 is 4.79 Å². The van der Waals surface area contributed by atoms with Crippen LogP contribution in [-0.2, 0) is 4.79 Å². The molecule has 3 heterocycles. The van der Waals surface area contributed by atoms with Crippen LogP contribution >= 0.6 is 0 Å². The minimum Gasteiger partial charge on any atom is -0.373 e. The van der Waals surface area contributed by atoms with Crippen LogP contribution in [0.4, 0.5) is 11.5 Å². The fraction of sp³-hybridized carbons (Fsp3) is 0.429. The Morgan fingerprint density at radius 3 is 2.83 bits per heavy atom. The summed E-state index contributed by atoms with van der Waals surface area (Å²) in [5, 5.41) is 6.22. The molecule has 3 N–H and O–H groups in total. The predicted molar refractivity (Wildman–Crippen MR) is 119 cm³/mol. The van der Waals surface area contributed by atoms with Gasteiger partial charge in [0.25, 0.3) is 5.56 Å². The van der Waals surface area contributed by atoms with Gasteiger partial charge in [0.2, 0.25) is 5.91 Å². The summed E-state index contributed by atoms with van der Waals surface area (Å²) in [7, 11) is 3.67. The summed E-state index contributed by atoms with van der Waals surface area (Å²) in [5.74, 6) is 0.694. The van der Waals surface area contributed by atoms with E-state index in [0.29, 0.717) is 42.9 Å². The number of aromatic amines is 1. The van der Waals surface area contributed by atoms with Crippen molar-refractivity contribution in [2.45, 2.75) is 25.9 Å². The number of aromatic nitrogens is 3. The Labute approximate surface area is 176 Å². The number of likely N-dealkylation sites (tertiary alicyclic amines) is 1. The SMILES string of the molecule is CNc1cc(-c2c[nH]c(=O)c(N(C)C3CN(C(=O)C=CCNC(C)C)C3)c2)ncn1. The van der Waals surface area contributed by atoms with Crippen molar-refractivity contribution >= 4 is 17.4 Å². The second kappa shape index (κ2) is 9.53. The van der Waals surface area contributed by atoms with Gasteiger partial charge in [-0.1, -0.05) is 19.9 Å². The molecule has 0 unspecified atom stereocenters. The summed E-state index contributed by atoms with van der Waals surface area (Å²) in [5.41, 5.74) is 1.88. The zero-order chi connectivity index (χ0) is 21.7. The van der Waals surface area contributed by atoms with E-state index in [4.69, 9.17) is 0 Å². The molecule has 1 saturated heterocycles. The van der Waals surface area contributed by atoms with Crippen LogP contribution in [0.3, 0.4) is 0 Å². The highest BCUT2D eigenvalue weighted by Crippen LogP contribution is 2.23. The average Bonchev–Trinajstić information content (AvgIpc) is 2.70. The first-order chi connectivity index (χ1) is 14.4. The Morgan fingerprint density at radius 2 is 2.13 bits per heavy atom. The molecule has 1 fully saturated rings. The molecule has 0 spiro atoms. The third-order valence-electron chi connectivity index (χ3n) is 5.11. The molecule has 0 aliphatic carbocycles. The summed E-state index contributed by atoms with van der Waals surface area (Å²) in [6, 6.07) is 4.11. The van der Waals surface area contributed by atoms with Gasteiger partial charge in [-0.05, 0) is 6.07 Å². The molecule has 9 heteroatoms. The Bertz CT molecular complexity index is 964. The highest BCUT2D eigenvalue weighted by Gasteiger charge is 2.33. The summed E-state index contributed by atoms with van der Waals surface area (Å²) < 4.78 is 0. The number of hydrogen-bond acceptors (Lipinski definition) is 7. The van der Waals surface area contributed by atoms with Gasteiger partial charge < -0.3 is 25.4 Å². The Kier molecular flexibility index (Phi) is 6.83. The number of carbonyl (C=O) groups excluding carboxylic acids is 1. The number of pyridine rings is 1. The normalized spacial score (nSPS) is 14.2. The number of anilines is 2. The molecule has 0 atom stereocenters. The quantitative estimate of drug-likeness (QED) is 0.558. The molecule has 2 aromatic rings. The van der Waals surface area contributed by atoms with E-state index < -0.39 is 0 Å². The molecule has 1 aliphatic heterocycles. The Hall–Kier alpha value is -3.20. The molecule has 160 valence electrons. The molecule has 2 aromatic heterocycles. The lowest BCUT2D eigenvalue weighted by atomic mass is 10.1. The van der Waals surface area contributed by atoms with Gasteiger partial charge >= 0.3 is 0 Å². The van der Waals surface area contributed by atoms with Crippen molar-refractivity contribution in [1.29, 1.82) is 0 Å². The zero-order valence-electron chi connectivity index (χ0n) is 17.8. The smallest absolute Gasteiger partial charge is 0.271 e. The van der Waals surface area contributed by atoms with Crippen LogP contribution in [-0.4, -0.2) is 71.6 Å². The van der Waals surface area contributed by atoms with E-state index >= 15 is 0 Å². The van der Waals surface area contributed by atoms with Crippen LogP contribution in [0.15, 0.2) is 41.6 Å². The van der Waals surface area contributed by atoms with Gasteiger partial charge in [-0.15, -0.1) is 0 Å². The van der Waals surface area contributed by atoms with Crippen LogP contribution in [0.1, 0.15) is 13.8 Å². The molecule has 0 saturated carbocycles. The minimum atomic E-state index is -0.173. The van der Waals surface area contributed by atoms with Gasteiger partial charge in [0.05, 0.1) is 11.7 Å². The lowest BCUT2D eigenvalue weighted by Crippen LogP contribution is -2.60. The fourth-order valence-electron chi connectivity index (χ4n) is 3.18. The number of carbonyl (C=O) groups is 1. The van der Waals surface area contributed by atoms with Crippen LogP contribution in [0.25, 0.3) is 11.3 Å². The number of nitrogens with one attached hydrogen (secondary N) is 3. The number of H-pyrrole nitrogens is 1. The Balaban J connectivity index is 1.64. The predicted octanol–water partition coefficient (Wildman–Crippen LogP) is 1.07. The second-order valence-electron chi connectivity index (χ2n) is 7.61. The molecule has 30 heavy (non-hydrogen) atoms. The molecule has 0 bridgehead atoms. The molecular weight excluding hydrogens is 382 g/mol. The van der Waals surface area contributed by atoms with Crippen molar-refractivity contribution in [3.63, 3.8) is 0 Å². The van der Waals surface area contributed by atoms with Crippen molar-refractivity contribution in [3.05, 3.63) is 47.2 Å². The largest absolute Gasteiger partial charge is 0.373 e. The van der Waals surface area contributed by atoms with Gasteiger partial charge in [-0.3, -0.25) is 9.59 Å². The Morgan fingerprint density at radius 1 is 1.37 bits per heavy atom. The second-order valence-corrected chi connectivity index (χ2v) is 7.61. The number of likely N-dealkylation sites (N-methyl/N-ethyl adjacent to an activating group) is 1. The lowest BCUT2D eigenvalue weighted by Gasteiger charge is -2.44.